The Morgan fingerprint density at radius 1 is 1.08 bits per heavy atom. The first-order valence-corrected chi connectivity index (χ1v) is 10.00. The molecule has 1 atom stereocenters. The van der Waals surface area contributed by atoms with Crippen molar-refractivity contribution in [2.45, 2.75) is 50.6 Å². The number of H-pyrrole nitrogens is 1. The van der Waals surface area contributed by atoms with E-state index in [1.807, 2.05) is 12.1 Å². The molecule has 7 heteroatoms. The molecule has 1 aromatic carbocycles. The highest BCUT2D eigenvalue weighted by atomic mass is 35.5. The molecular weight excluding hydrogens is 348 g/mol. The summed E-state index contributed by atoms with van der Waals surface area (Å²) < 4.78 is 0. The van der Waals surface area contributed by atoms with Crippen LogP contribution in [0, 0.1) is 0 Å². The molecule has 2 saturated heterocycles. The van der Waals surface area contributed by atoms with Gasteiger partial charge < -0.3 is 10.6 Å². The number of anilines is 2. The first kappa shape index (κ1) is 17.6. The molecule has 0 aliphatic carbocycles. The second kappa shape index (κ2) is 7.84. The predicted molar refractivity (Wildman–Crippen MR) is 106 cm³/mol. The van der Waals surface area contributed by atoms with Gasteiger partial charge in [-0.25, -0.2) is 5.10 Å². The zero-order valence-electron chi connectivity index (χ0n) is 15.1. The van der Waals surface area contributed by atoms with Crippen LogP contribution in [0.5, 0.6) is 0 Å². The molecule has 4 rings (SSSR count). The summed E-state index contributed by atoms with van der Waals surface area (Å²) in [7, 11) is 0. The first-order valence-electron chi connectivity index (χ1n) is 9.62. The van der Waals surface area contributed by atoms with Gasteiger partial charge in [0.2, 0.25) is 11.9 Å². The van der Waals surface area contributed by atoms with Crippen molar-refractivity contribution in [2.75, 3.05) is 30.3 Å². The maximum Gasteiger partial charge on any atom is 0.246 e. The molecule has 3 heterocycles. The highest BCUT2D eigenvalue weighted by molar-refractivity contribution is 6.30. The maximum absolute atomic E-state index is 6.04. The molecule has 6 nitrogen and oxygen atoms in total. The van der Waals surface area contributed by atoms with E-state index >= 15 is 0 Å². The lowest BCUT2D eigenvalue weighted by Crippen LogP contribution is -2.51. The monoisotopic (exact) mass is 374 g/mol. The van der Waals surface area contributed by atoms with E-state index < -0.39 is 0 Å². The Labute approximate surface area is 159 Å². The number of nitrogens with two attached hydrogens (primary N) is 1. The van der Waals surface area contributed by atoms with E-state index in [2.05, 4.69) is 37.1 Å². The van der Waals surface area contributed by atoms with Crippen LogP contribution in [0.1, 0.15) is 37.7 Å². The maximum atomic E-state index is 6.04. The van der Waals surface area contributed by atoms with Crippen LogP contribution >= 0.6 is 11.6 Å². The number of hydrogen-bond donors (Lipinski definition) is 2. The Kier molecular flexibility index (Phi) is 5.31. The lowest BCUT2D eigenvalue weighted by Gasteiger charge is -2.44. The van der Waals surface area contributed by atoms with Crippen LogP contribution in [0.3, 0.4) is 0 Å². The highest BCUT2D eigenvalue weighted by Gasteiger charge is 2.32. The van der Waals surface area contributed by atoms with E-state index in [9.17, 15) is 0 Å². The van der Waals surface area contributed by atoms with Gasteiger partial charge in [0.15, 0.2) is 0 Å². The minimum absolute atomic E-state index is 0.390. The second-order valence-corrected chi connectivity index (χ2v) is 7.89. The summed E-state index contributed by atoms with van der Waals surface area (Å²) in [5.41, 5.74) is 7.05. The average molecular weight is 375 g/mol. The summed E-state index contributed by atoms with van der Waals surface area (Å²) in [6, 6.07) is 9.65. The number of benzene rings is 1. The fraction of sp³-hybridized carbons (Fsp3) is 0.579. The Morgan fingerprint density at radius 3 is 2.54 bits per heavy atom. The van der Waals surface area contributed by atoms with E-state index in [4.69, 9.17) is 17.3 Å². The summed E-state index contributed by atoms with van der Waals surface area (Å²) in [4.78, 5) is 9.27. The minimum atomic E-state index is 0.390. The van der Waals surface area contributed by atoms with Crippen LogP contribution < -0.4 is 10.6 Å². The van der Waals surface area contributed by atoms with Gasteiger partial charge >= 0.3 is 0 Å². The van der Waals surface area contributed by atoms with Crippen LogP contribution in [0.4, 0.5) is 11.9 Å². The summed E-state index contributed by atoms with van der Waals surface area (Å²) >= 11 is 6.04. The number of piperidine rings is 2. The highest BCUT2D eigenvalue weighted by Crippen LogP contribution is 2.28. The summed E-state index contributed by atoms with van der Waals surface area (Å²) in [5.74, 6) is 1.12. The largest absolute Gasteiger partial charge is 0.368 e. The smallest absolute Gasteiger partial charge is 0.246 e. The van der Waals surface area contributed by atoms with Crippen LogP contribution in [0.25, 0.3) is 0 Å². The Bertz CT molecular complexity index is 707. The number of halogens is 1. The third-order valence-corrected chi connectivity index (χ3v) is 6.02. The van der Waals surface area contributed by atoms with E-state index in [1.54, 1.807) is 0 Å². The van der Waals surface area contributed by atoms with Crippen molar-refractivity contribution in [1.29, 1.82) is 0 Å². The number of nitrogen functional groups attached to an aromatic ring is 1. The summed E-state index contributed by atoms with van der Waals surface area (Å²) in [5, 5.41) is 7.74. The van der Waals surface area contributed by atoms with Gasteiger partial charge in [0, 0.05) is 30.2 Å². The number of nitrogens with one attached hydrogen (secondary N) is 1. The molecule has 0 unspecified atom stereocenters. The number of likely N-dealkylation sites (tertiary alicyclic amines) is 1. The molecule has 0 bridgehead atoms. The topological polar surface area (TPSA) is 74.1 Å². The minimum Gasteiger partial charge on any atom is -0.368 e. The van der Waals surface area contributed by atoms with E-state index in [-0.39, 0.29) is 0 Å². The lowest BCUT2D eigenvalue weighted by atomic mass is 9.91. The van der Waals surface area contributed by atoms with Crippen molar-refractivity contribution in [1.82, 2.24) is 20.1 Å². The SMILES string of the molecule is Nc1nc(N2CCC(N3CCCC[C@@H]3Cc3ccc(Cl)cc3)CC2)n[nH]1. The first-order chi connectivity index (χ1) is 12.7. The fourth-order valence-corrected chi connectivity index (χ4v) is 4.55. The van der Waals surface area contributed by atoms with Crippen molar-refractivity contribution in [3.63, 3.8) is 0 Å². The van der Waals surface area contributed by atoms with Gasteiger partial charge in [-0.05, 0) is 56.3 Å². The van der Waals surface area contributed by atoms with Gasteiger partial charge in [0.05, 0.1) is 0 Å². The number of hydrogen-bond acceptors (Lipinski definition) is 5. The van der Waals surface area contributed by atoms with Gasteiger partial charge in [0.1, 0.15) is 0 Å². The second-order valence-electron chi connectivity index (χ2n) is 7.46. The normalized spacial score (nSPS) is 22.7. The molecule has 0 spiro atoms. The van der Waals surface area contributed by atoms with Crippen LogP contribution in [-0.4, -0.2) is 51.8 Å². The van der Waals surface area contributed by atoms with Gasteiger partial charge in [-0.3, -0.25) is 4.90 Å². The van der Waals surface area contributed by atoms with Gasteiger partial charge in [-0.15, -0.1) is 5.10 Å². The molecule has 140 valence electrons. The molecular formula is C19H27ClN6. The molecule has 26 heavy (non-hydrogen) atoms. The molecule has 3 N–H and O–H groups in total. The summed E-state index contributed by atoms with van der Waals surface area (Å²) in [6.07, 6.45) is 7.38. The van der Waals surface area contributed by atoms with Crippen LogP contribution in [0.15, 0.2) is 24.3 Å². The van der Waals surface area contributed by atoms with Crippen molar-refractivity contribution < 1.29 is 0 Å². The molecule has 2 aliphatic heterocycles. The molecule has 2 aliphatic rings. The molecule has 0 radical (unpaired) electrons. The van der Waals surface area contributed by atoms with Gasteiger partial charge in [-0.2, -0.15) is 4.98 Å². The lowest BCUT2D eigenvalue weighted by molar-refractivity contribution is 0.0797. The van der Waals surface area contributed by atoms with E-state index in [0.717, 1.165) is 43.3 Å². The molecule has 2 fully saturated rings. The third-order valence-electron chi connectivity index (χ3n) is 5.76. The Morgan fingerprint density at radius 2 is 1.85 bits per heavy atom. The third kappa shape index (κ3) is 3.96. The molecule has 1 aromatic heterocycles. The predicted octanol–water partition coefficient (Wildman–Crippen LogP) is 3.11. The van der Waals surface area contributed by atoms with E-state index in [0.29, 0.717) is 18.0 Å². The fourth-order valence-electron chi connectivity index (χ4n) is 4.42. The number of nitrogens with zero attached hydrogens (tertiary/aromatic N) is 4. The average Bonchev–Trinajstić information content (AvgIpc) is 3.11. The molecule has 0 amide bonds. The van der Waals surface area contributed by atoms with Crippen LogP contribution in [0.2, 0.25) is 5.02 Å². The Hall–Kier alpha value is -1.79. The van der Waals surface area contributed by atoms with Gasteiger partial charge in [0.25, 0.3) is 0 Å². The molecule has 0 saturated carbocycles. The van der Waals surface area contributed by atoms with Crippen molar-refractivity contribution >= 4 is 23.5 Å². The quantitative estimate of drug-likeness (QED) is 0.860. The number of rotatable bonds is 4. The molecule has 2 aromatic rings. The van der Waals surface area contributed by atoms with Crippen molar-refractivity contribution in [3.8, 4) is 0 Å². The zero-order valence-corrected chi connectivity index (χ0v) is 15.8. The van der Waals surface area contributed by atoms with Crippen molar-refractivity contribution in [3.05, 3.63) is 34.9 Å². The zero-order chi connectivity index (χ0) is 17.9. The van der Waals surface area contributed by atoms with Gasteiger partial charge in [-0.1, -0.05) is 30.2 Å². The summed E-state index contributed by atoms with van der Waals surface area (Å²) in [6.45, 7) is 3.20. The Balaban J connectivity index is 1.38. The number of aromatic amines is 1. The number of aromatic nitrogens is 3. The van der Waals surface area contributed by atoms with Crippen molar-refractivity contribution in [2.24, 2.45) is 0 Å². The standard InChI is InChI=1S/C19H27ClN6/c20-15-6-4-14(5-7-15)13-17-3-1-2-10-26(17)16-8-11-25(12-9-16)19-22-18(21)23-24-19/h4-7,16-17H,1-3,8-13H2,(H3,21,22,23,24)/t17-/m1/s1. The van der Waals surface area contributed by atoms with E-state index in [1.165, 1.54) is 31.4 Å². The van der Waals surface area contributed by atoms with Crippen LogP contribution in [-0.2, 0) is 6.42 Å².